The Morgan fingerprint density at radius 1 is 1.07 bits per heavy atom. The smallest absolute Gasteiger partial charge is 0.309 e. The third kappa shape index (κ3) is 5.77. The number of nitrogens with zero attached hydrogens (tertiary/aromatic N) is 3. The lowest BCUT2D eigenvalue weighted by Gasteiger charge is -2.28. The largest absolute Gasteiger partial charge is 0.378 e. The maximum Gasteiger partial charge on any atom is 0.309 e. The molecule has 0 aliphatic carbocycles. The van der Waals surface area contributed by atoms with Gasteiger partial charge in [-0.3, -0.25) is 19.5 Å². The number of hydrogen-bond acceptors (Lipinski definition) is 5. The highest BCUT2D eigenvalue weighted by atomic mass is 16.2. The molecule has 2 amide bonds. The molecule has 3 rings (SSSR count). The number of anilines is 1. The van der Waals surface area contributed by atoms with Gasteiger partial charge in [-0.1, -0.05) is 18.2 Å². The first-order valence-corrected chi connectivity index (χ1v) is 10.0. The number of benzene rings is 1. The van der Waals surface area contributed by atoms with E-state index in [2.05, 4.69) is 49.7 Å². The molecule has 1 aliphatic rings. The van der Waals surface area contributed by atoms with Gasteiger partial charge in [0.2, 0.25) is 0 Å². The van der Waals surface area contributed by atoms with E-state index in [0.29, 0.717) is 6.54 Å². The van der Waals surface area contributed by atoms with E-state index in [1.54, 1.807) is 18.5 Å². The number of amides is 2. The standard InChI is InChI=1S/C22H29N5O2/c1-26(2)19-9-7-18(8-10-19)20(27-12-3-4-13-27)16-25-22(29)21(28)24-15-17-6-5-11-23-14-17/h5-11,14,20H,3-4,12-13,15-16H2,1-2H3,(H,24,28)(H,25,29). The highest BCUT2D eigenvalue weighted by Gasteiger charge is 2.25. The summed E-state index contributed by atoms with van der Waals surface area (Å²) in [4.78, 5) is 32.9. The summed E-state index contributed by atoms with van der Waals surface area (Å²) in [6, 6.07) is 12.1. The van der Waals surface area contributed by atoms with Crippen molar-refractivity contribution in [1.82, 2.24) is 20.5 Å². The molecular weight excluding hydrogens is 366 g/mol. The first-order chi connectivity index (χ1) is 14.0. The molecule has 7 heteroatoms. The fraction of sp³-hybridized carbons (Fsp3) is 0.409. The van der Waals surface area contributed by atoms with Crippen molar-refractivity contribution in [3.8, 4) is 0 Å². The average Bonchev–Trinajstić information content (AvgIpc) is 3.27. The molecule has 0 saturated carbocycles. The van der Waals surface area contributed by atoms with Crippen molar-refractivity contribution in [3.05, 3.63) is 59.9 Å². The Labute approximate surface area is 172 Å². The van der Waals surface area contributed by atoms with Gasteiger partial charge in [0.05, 0.1) is 6.04 Å². The molecule has 1 saturated heterocycles. The Balaban J connectivity index is 1.59. The van der Waals surface area contributed by atoms with Crippen LogP contribution in [0.15, 0.2) is 48.8 Å². The van der Waals surface area contributed by atoms with E-state index in [4.69, 9.17) is 0 Å². The lowest BCUT2D eigenvalue weighted by Crippen LogP contribution is -2.43. The van der Waals surface area contributed by atoms with Crippen LogP contribution in [0.3, 0.4) is 0 Å². The molecule has 1 unspecified atom stereocenters. The summed E-state index contributed by atoms with van der Waals surface area (Å²) in [6.07, 6.45) is 5.65. The minimum atomic E-state index is -0.628. The number of rotatable bonds is 7. The van der Waals surface area contributed by atoms with Crippen LogP contribution in [0.25, 0.3) is 0 Å². The highest BCUT2D eigenvalue weighted by molar-refractivity contribution is 6.35. The van der Waals surface area contributed by atoms with Crippen LogP contribution >= 0.6 is 0 Å². The van der Waals surface area contributed by atoms with Crippen molar-refractivity contribution >= 4 is 17.5 Å². The van der Waals surface area contributed by atoms with Crippen molar-refractivity contribution in [1.29, 1.82) is 0 Å². The molecule has 2 aromatic rings. The summed E-state index contributed by atoms with van der Waals surface area (Å²) in [5.41, 5.74) is 3.13. The molecule has 1 atom stereocenters. The molecule has 1 aliphatic heterocycles. The second kappa shape index (κ2) is 10.0. The fourth-order valence-corrected chi connectivity index (χ4v) is 3.54. The second-order valence-electron chi connectivity index (χ2n) is 7.50. The van der Waals surface area contributed by atoms with E-state index in [9.17, 15) is 9.59 Å². The monoisotopic (exact) mass is 395 g/mol. The first-order valence-electron chi connectivity index (χ1n) is 10.0. The van der Waals surface area contributed by atoms with Gasteiger partial charge in [0.15, 0.2) is 0 Å². The lowest BCUT2D eigenvalue weighted by molar-refractivity contribution is -0.139. The average molecular weight is 396 g/mol. The number of carbonyl (C=O) groups excluding carboxylic acids is 2. The third-order valence-electron chi connectivity index (χ3n) is 5.21. The minimum absolute atomic E-state index is 0.0591. The molecule has 2 heterocycles. The van der Waals surface area contributed by atoms with Gasteiger partial charge in [0.1, 0.15) is 0 Å². The van der Waals surface area contributed by atoms with Crippen LogP contribution in [0.2, 0.25) is 0 Å². The number of likely N-dealkylation sites (tertiary alicyclic amines) is 1. The van der Waals surface area contributed by atoms with Crippen LogP contribution in [0.4, 0.5) is 5.69 Å². The summed E-state index contributed by atoms with van der Waals surface area (Å²) in [7, 11) is 4.02. The second-order valence-corrected chi connectivity index (χ2v) is 7.50. The Morgan fingerprint density at radius 2 is 1.76 bits per heavy atom. The van der Waals surface area contributed by atoms with Gasteiger partial charge in [0, 0.05) is 45.3 Å². The van der Waals surface area contributed by atoms with E-state index in [1.165, 1.54) is 0 Å². The van der Waals surface area contributed by atoms with E-state index < -0.39 is 11.8 Å². The molecule has 29 heavy (non-hydrogen) atoms. The fourth-order valence-electron chi connectivity index (χ4n) is 3.54. The maximum atomic E-state index is 12.3. The Bertz CT molecular complexity index is 802. The van der Waals surface area contributed by atoms with Gasteiger partial charge in [-0.2, -0.15) is 0 Å². The van der Waals surface area contributed by atoms with Gasteiger partial charge in [-0.15, -0.1) is 0 Å². The topological polar surface area (TPSA) is 77.6 Å². The molecule has 0 radical (unpaired) electrons. The van der Waals surface area contributed by atoms with Crippen molar-refractivity contribution < 1.29 is 9.59 Å². The molecule has 7 nitrogen and oxygen atoms in total. The molecule has 2 N–H and O–H groups in total. The van der Waals surface area contributed by atoms with E-state index in [1.807, 2.05) is 20.2 Å². The normalized spacial score (nSPS) is 15.0. The van der Waals surface area contributed by atoms with Gasteiger partial charge in [-0.25, -0.2) is 0 Å². The molecular formula is C22H29N5O2. The number of aromatic nitrogens is 1. The highest BCUT2D eigenvalue weighted by Crippen LogP contribution is 2.26. The van der Waals surface area contributed by atoms with E-state index in [-0.39, 0.29) is 12.6 Å². The number of hydrogen-bond donors (Lipinski definition) is 2. The van der Waals surface area contributed by atoms with Crippen LogP contribution in [0.5, 0.6) is 0 Å². The van der Waals surface area contributed by atoms with Gasteiger partial charge < -0.3 is 15.5 Å². The molecule has 0 spiro atoms. The SMILES string of the molecule is CN(C)c1ccc(C(CNC(=O)C(=O)NCc2cccnc2)N2CCCC2)cc1. The summed E-state index contributed by atoms with van der Waals surface area (Å²) in [6.45, 7) is 2.69. The molecule has 0 bridgehead atoms. The Hall–Kier alpha value is -2.93. The number of carbonyl (C=O) groups is 2. The summed E-state index contributed by atoms with van der Waals surface area (Å²) >= 11 is 0. The Kier molecular flexibility index (Phi) is 7.19. The molecule has 1 fully saturated rings. The summed E-state index contributed by atoms with van der Waals surface area (Å²) in [5, 5.41) is 5.45. The van der Waals surface area contributed by atoms with Crippen LogP contribution < -0.4 is 15.5 Å². The van der Waals surface area contributed by atoms with Crippen LogP contribution in [0, 0.1) is 0 Å². The van der Waals surface area contributed by atoms with Crippen LogP contribution in [-0.2, 0) is 16.1 Å². The third-order valence-corrected chi connectivity index (χ3v) is 5.21. The van der Waals surface area contributed by atoms with E-state index >= 15 is 0 Å². The number of nitrogens with one attached hydrogen (secondary N) is 2. The zero-order valence-corrected chi connectivity index (χ0v) is 17.1. The van der Waals surface area contributed by atoms with Crippen LogP contribution in [0.1, 0.15) is 30.0 Å². The van der Waals surface area contributed by atoms with Gasteiger partial charge in [0.25, 0.3) is 0 Å². The van der Waals surface area contributed by atoms with Crippen molar-refractivity contribution in [2.45, 2.75) is 25.4 Å². The molecule has 1 aromatic carbocycles. The summed E-state index contributed by atoms with van der Waals surface area (Å²) < 4.78 is 0. The van der Waals surface area contributed by atoms with Gasteiger partial charge >= 0.3 is 11.8 Å². The van der Waals surface area contributed by atoms with Crippen molar-refractivity contribution in [3.63, 3.8) is 0 Å². The van der Waals surface area contributed by atoms with Gasteiger partial charge in [-0.05, 0) is 55.3 Å². The lowest BCUT2D eigenvalue weighted by atomic mass is 10.0. The zero-order valence-electron chi connectivity index (χ0n) is 17.1. The van der Waals surface area contributed by atoms with Crippen LogP contribution in [-0.4, -0.2) is 55.4 Å². The summed E-state index contributed by atoms with van der Waals surface area (Å²) in [5.74, 6) is -1.24. The molecule has 1 aromatic heterocycles. The maximum absolute atomic E-state index is 12.3. The molecule has 154 valence electrons. The number of pyridine rings is 1. The predicted octanol–water partition coefficient (Wildman–Crippen LogP) is 1.72. The minimum Gasteiger partial charge on any atom is -0.378 e. The Morgan fingerprint density at radius 3 is 2.38 bits per heavy atom. The predicted molar refractivity (Wildman–Crippen MR) is 113 cm³/mol. The zero-order chi connectivity index (χ0) is 20.6. The van der Waals surface area contributed by atoms with Crippen molar-refractivity contribution in [2.75, 3.05) is 38.6 Å². The van der Waals surface area contributed by atoms with Crippen molar-refractivity contribution in [2.24, 2.45) is 0 Å². The van der Waals surface area contributed by atoms with E-state index in [0.717, 1.165) is 42.7 Å². The first kappa shape index (κ1) is 20.8. The quantitative estimate of drug-likeness (QED) is 0.698.